The molecule has 0 radical (unpaired) electrons. The fourth-order valence-corrected chi connectivity index (χ4v) is 4.62. The third-order valence-corrected chi connectivity index (χ3v) is 6.41. The molecule has 4 rings (SSSR count). The Labute approximate surface area is 213 Å². The second kappa shape index (κ2) is 11.2. The average Bonchev–Trinajstić information content (AvgIpc) is 3.50. The lowest BCUT2D eigenvalue weighted by Gasteiger charge is -2.32. The van der Waals surface area contributed by atoms with Gasteiger partial charge >= 0.3 is 5.97 Å². The molecule has 7 heteroatoms. The highest BCUT2D eigenvalue weighted by molar-refractivity contribution is 5.87. The van der Waals surface area contributed by atoms with Gasteiger partial charge in [0.25, 0.3) is 0 Å². The molecule has 1 fully saturated rings. The summed E-state index contributed by atoms with van der Waals surface area (Å²) in [5.74, 6) is 0.179. The number of nitrogens with zero attached hydrogens (tertiary/aromatic N) is 2. The lowest BCUT2D eigenvalue weighted by atomic mass is 10.0. The van der Waals surface area contributed by atoms with Crippen LogP contribution >= 0.6 is 0 Å². The van der Waals surface area contributed by atoms with Gasteiger partial charge in [-0.2, -0.15) is 0 Å². The van der Waals surface area contributed by atoms with Crippen LogP contribution in [0, 0.1) is 0 Å². The first-order valence-electron chi connectivity index (χ1n) is 12.6. The van der Waals surface area contributed by atoms with Gasteiger partial charge in [0.1, 0.15) is 16.9 Å². The molecule has 2 aromatic carbocycles. The summed E-state index contributed by atoms with van der Waals surface area (Å²) in [5, 5.41) is 0.966. The molecule has 2 heterocycles. The molecule has 1 aliphatic rings. The van der Waals surface area contributed by atoms with Crippen molar-refractivity contribution in [3.8, 4) is 5.75 Å². The number of furan rings is 1. The molecule has 1 saturated heterocycles. The second-order valence-corrected chi connectivity index (χ2v) is 10.4. The van der Waals surface area contributed by atoms with E-state index in [9.17, 15) is 9.59 Å². The van der Waals surface area contributed by atoms with Crippen LogP contribution in [0.5, 0.6) is 5.75 Å². The standard InChI is InChI=1S/C29H36N2O5/c1-29(2,3)36-28(33)20-34-23-11-9-10-21(16-23)25(18-31-14-7-8-15-31)30(4)27(32)17-22-19-35-26-13-6-5-12-24(22)26/h5-6,9-13,16,19,25H,7-8,14-15,17-18,20H2,1-4H3. The van der Waals surface area contributed by atoms with Crippen molar-refractivity contribution in [2.45, 2.75) is 51.7 Å². The van der Waals surface area contributed by atoms with E-state index in [1.54, 1.807) is 6.26 Å². The number of benzene rings is 2. The molecule has 1 unspecified atom stereocenters. The number of likely N-dealkylation sites (tertiary alicyclic amines) is 1. The maximum atomic E-state index is 13.4. The van der Waals surface area contributed by atoms with Crippen molar-refractivity contribution < 1.29 is 23.5 Å². The summed E-state index contributed by atoms with van der Waals surface area (Å²) < 4.78 is 16.7. The molecule has 0 bridgehead atoms. The predicted octanol–water partition coefficient (Wildman–Crippen LogP) is 4.99. The molecule has 0 N–H and O–H groups in total. The first-order valence-corrected chi connectivity index (χ1v) is 12.6. The second-order valence-electron chi connectivity index (χ2n) is 10.4. The minimum atomic E-state index is -0.563. The van der Waals surface area contributed by atoms with Gasteiger partial charge in [0.2, 0.25) is 5.91 Å². The van der Waals surface area contributed by atoms with Crippen molar-refractivity contribution >= 4 is 22.8 Å². The van der Waals surface area contributed by atoms with E-state index >= 15 is 0 Å². The Morgan fingerprint density at radius 1 is 1.08 bits per heavy atom. The first-order chi connectivity index (χ1) is 17.2. The minimum Gasteiger partial charge on any atom is -0.482 e. The van der Waals surface area contributed by atoms with Crippen LogP contribution in [0.2, 0.25) is 0 Å². The average molecular weight is 493 g/mol. The zero-order valence-corrected chi connectivity index (χ0v) is 21.7. The number of amides is 1. The maximum Gasteiger partial charge on any atom is 0.344 e. The van der Waals surface area contributed by atoms with E-state index in [2.05, 4.69) is 4.90 Å². The van der Waals surface area contributed by atoms with Crippen LogP contribution in [0.4, 0.5) is 0 Å². The molecule has 0 saturated carbocycles. The van der Waals surface area contributed by atoms with Gasteiger partial charge in [-0.3, -0.25) is 4.79 Å². The quantitative estimate of drug-likeness (QED) is 0.392. The first kappa shape index (κ1) is 25.8. The number of para-hydroxylation sites is 1. The van der Waals surface area contributed by atoms with Gasteiger partial charge in [-0.25, -0.2) is 4.79 Å². The molecular weight excluding hydrogens is 456 g/mol. The van der Waals surface area contributed by atoms with Gasteiger partial charge in [-0.15, -0.1) is 0 Å². The number of ether oxygens (including phenoxy) is 2. The number of esters is 1. The van der Waals surface area contributed by atoms with E-state index in [0.717, 1.165) is 41.7 Å². The van der Waals surface area contributed by atoms with Crippen LogP contribution in [0.3, 0.4) is 0 Å². The molecule has 0 spiro atoms. The van der Waals surface area contributed by atoms with E-state index in [1.807, 2.05) is 81.2 Å². The van der Waals surface area contributed by atoms with Crippen molar-refractivity contribution in [2.24, 2.45) is 0 Å². The summed E-state index contributed by atoms with van der Waals surface area (Å²) in [6.07, 6.45) is 4.28. The lowest BCUT2D eigenvalue weighted by molar-refractivity contribution is -0.157. The van der Waals surface area contributed by atoms with Crippen molar-refractivity contribution in [1.29, 1.82) is 0 Å². The van der Waals surface area contributed by atoms with Crippen molar-refractivity contribution in [3.63, 3.8) is 0 Å². The van der Waals surface area contributed by atoms with Crippen molar-refractivity contribution in [3.05, 3.63) is 65.9 Å². The largest absolute Gasteiger partial charge is 0.482 e. The lowest BCUT2D eigenvalue weighted by Crippen LogP contribution is -2.39. The van der Waals surface area contributed by atoms with Crippen LogP contribution in [0.25, 0.3) is 11.0 Å². The van der Waals surface area contributed by atoms with Gasteiger partial charge in [0, 0.05) is 24.5 Å². The molecule has 1 amide bonds. The Morgan fingerprint density at radius 2 is 1.83 bits per heavy atom. The Bertz CT molecular complexity index is 1190. The number of hydrogen-bond donors (Lipinski definition) is 0. The van der Waals surface area contributed by atoms with Crippen molar-refractivity contribution in [1.82, 2.24) is 9.80 Å². The van der Waals surface area contributed by atoms with Gasteiger partial charge in [0.15, 0.2) is 6.61 Å². The maximum absolute atomic E-state index is 13.4. The molecule has 0 aliphatic carbocycles. The third-order valence-electron chi connectivity index (χ3n) is 6.41. The highest BCUT2D eigenvalue weighted by atomic mass is 16.6. The van der Waals surface area contributed by atoms with Crippen molar-refractivity contribution in [2.75, 3.05) is 33.3 Å². The Kier molecular flexibility index (Phi) is 7.99. The Morgan fingerprint density at radius 3 is 2.58 bits per heavy atom. The van der Waals surface area contributed by atoms with Crippen LogP contribution < -0.4 is 4.74 Å². The number of hydrogen-bond acceptors (Lipinski definition) is 6. The van der Waals surface area contributed by atoms with Gasteiger partial charge in [0.05, 0.1) is 18.7 Å². The summed E-state index contributed by atoms with van der Waals surface area (Å²) in [7, 11) is 1.86. The summed E-state index contributed by atoms with van der Waals surface area (Å²) in [6.45, 7) is 8.11. The van der Waals surface area contributed by atoms with Gasteiger partial charge in [-0.1, -0.05) is 30.3 Å². The highest BCUT2D eigenvalue weighted by Gasteiger charge is 2.27. The molecule has 192 valence electrons. The zero-order chi connectivity index (χ0) is 25.7. The topological polar surface area (TPSA) is 72.2 Å². The van der Waals surface area contributed by atoms with E-state index < -0.39 is 11.6 Å². The monoisotopic (exact) mass is 492 g/mol. The summed E-state index contributed by atoms with van der Waals surface area (Å²) >= 11 is 0. The molecule has 3 aromatic rings. The van der Waals surface area contributed by atoms with E-state index in [1.165, 1.54) is 12.8 Å². The summed E-state index contributed by atoms with van der Waals surface area (Å²) in [5.41, 5.74) is 2.08. The smallest absolute Gasteiger partial charge is 0.344 e. The van der Waals surface area contributed by atoms with Crippen LogP contribution in [-0.4, -0.2) is 60.6 Å². The molecule has 1 aliphatic heterocycles. The van der Waals surface area contributed by atoms with Crippen LogP contribution in [0.15, 0.2) is 59.2 Å². The number of carbonyl (C=O) groups is 2. The zero-order valence-electron chi connectivity index (χ0n) is 21.7. The number of carbonyl (C=O) groups excluding carboxylic acids is 2. The molecular formula is C29H36N2O5. The summed E-state index contributed by atoms with van der Waals surface area (Å²) in [6, 6.07) is 15.3. The fraction of sp³-hybridized carbons (Fsp3) is 0.448. The normalized spacial score (nSPS) is 15.1. The van der Waals surface area contributed by atoms with Crippen LogP contribution in [0.1, 0.15) is 50.8 Å². The fourth-order valence-electron chi connectivity index (χ4n) is 4.62. The molecule has 1 atom stereocenters. The van der Waals surface area contributed by atoms with Gasteiger partial charge < -0.3 is 23.7 Å². The molecule has 7 nitrogen and oxygen atoms in total. The predicted molar refractivity (Wildman–Crippen MR) is 139 cm³/mol. The van der Waals surface area contributed by atoms with E-state index in [-0.39, 0.29) is 25.0 Å². The molecule has 1 aromatic heterocycles. The number of likely N-dealkylation sites (N-methyl/N-ethyl adjacent to an activating group) is 1. The third kappa shape index (κ3) is 6.66. The Hall–Kier alpha value is -3.32. The van der Waals surface area contributed by atoms with E-state index in [0.29, 0.717) is 5.75 Å². The minimum absolute atomic E-state index is 0.0193. The molecule has 36 heavy (non-hydrogen) atoms. The Balaban J connectivity index is 1.50. The van der Waals surface area contributed by atoms with E-state index in [4.69, 9.17) is 13.9 Å². The highest BCUT2D eigenvalue weighted by Crippen LogP contribution is 2.28. The van der Waals surface area contributed by atoms with Gasteiger partial charge in [-0.05, 0) is 70.5 Å². The number of rotatable bonds is 9. The SMILES string of the molecule is CN(C(=O)Cc1coc2ccccc12)C(CN1CCCC1)c1cccc(OCC(=O)OC(C)(C)C)c1. The van der Waals surface area contributed by atoms with Crippen LogP contribution in [-0.2, 0) is 20.7 Å². The number of fused-ring (bicyclic) bond motifs is 1. The summed E-state index contributed by atoms with van der Waals surface area (Å²) in [4.78, 5) is 29.8.